The van der Waals surface area contributed by atoms with E-state index >= 15 is 0 Å². The minimum absolute atomic E-state index is 0.442. The first-order valence-electron chi connectivity index (χ1n) is 10.1. The van der Waals surface area contributed by atoms with Gasteiger partial charge in [0.25, 0.3) is 0 Å². The molecule has 0 saturated carbocycles. The predicted octanol–water partition coefficient (Wildman–Crippen LogP) is 3.41. The lowest BCUT2D eigenvalue weighted by molar-refractivity contribution is -0.190. The highest BCUT2D eigenvalue weighted by molar-refractivity contribution is 5.88. The van der Waals surface area contributed by atoms with Crippen molar-refractivity contribution in [3.8, 4) is 0 Å². The van der Waals surface area contributed by atoms with E-state index in [4.69, 9.17) is 9.47 Å². The highest BCUT2D eigenvalue weighted by Gasteiger charge is 2.42. The van der Waals surface area contributed by atoms with E-state index in [1.807, 2.05) is 13.8 Å². The Hall–Kier alpha value is -2.12. The van der Waals surface area contributed by atoms with Gasteiger partial charge >= 0.3 is 23.9 Å². The SMILES string of the molecule is CCCCC(CC)C(=O)OC(C(=O)O)C(OC(=O)C(CC)CCCC)C(=O)O. The molecule has 0 heterocycles. The van der Waals surface area contributed by atoms with Crippen molar-refractivity contribution < 1.29 is 38.9 Å². The van der Waals surface area contributed by atoms with Crippen LogP contribution in [0.15, 0.2) is 0 Å². The van der Waals surface area contributed by atoms with E-state index in [9.17, 15) is 29.4 Å². The molecule has 28 heavy (non-hydrogen) atoms. The molecular formula is C20H34O8. The highest BCUT2D eigenvalue weighted by atomic mass is 16.6. The second kappa shape index (κ2) is 14.0. The Morgan fingerprint density at radius 1 is 0.679 bits per heavy atom. The molecule has 0 amide bonds. The van der Waals surface area contributed by atoms with Crippen molar-refractivity contribution in [2.75, 3.05) is 0 Å². The lowest BCUT2D eigenvalue weighted by Gasteiger charge is -2.24. The van der Waals surface area contributed by atoms with Crippen molar-refractivity contribution in [2.45, 2.75) is 91.3 Å². The molecule has 0 fully saturated rings. The molecule has 0 bridgehead atoms. The fourth-order valence-corrected chi connectivity index (χ4v) is 2.80. The van der Waals surface area contributed by atoms with Gasteiger partial charge in [0.2, 0.25) is 12.2 Å². The molecule has 0 aliphatic heterocycles. The van der Waals surface area contributed by atoms with Crippen molar-refractivity contribution in [3.05, 3.63) is 0 Å². The summed E-state index contributed by atoms with van der Waals surface area (Å²) in [4.78, 5) is 47.8. The van der Waals surface area contributed by atoms with Gasteiger partial charge in [0.05, 0.1) is 11.8 Å². The summed E-state index contributed by atoms with van der Waals surface area (Å²) in [6.07, 6.45) is 0.984. The van der Waals surface area contributed by atoms with Crippen molar-refractivity contribution in [2.24, 2.45) is 11.8 Å². The number of carboxylic acids is 2. The molecule has 0 aromatic carbocycles. The second-order valence-corrected chi connectivity index (χ2v) is 6.89. The number of ether oxygens (including phenoxy) is 2. The van der Waals surface area contributed by atoms with Crippen LogP contribution in [-0.2, 0) is 28.7 Å². The lowest BCUT2D eigenvalue weighted by Crippen LogP contribution is -2.47. The van der Waals surface area contributed by atoms with Gasteiger partial charge in [-0.15, -0.1) is 0 Å². The average molecular weight is 402 g/mol. The highest BCUT2D eigenvalue weighted by Crippen LogP contribution is 2.20. The van der Waals surface area contributed by atoms with Crippen LogP contribution < -0.4 is 0 Å². The molecule has 162 valence electrons. The second-order valence-electron chi connectivity index (χ2n) is 6.89. The number of unbranched alkanes of at least 4 members (excludes halogenated alkanes) is 2. The third-order valence-electron chi connectivity index (χ3n) is 4.71. The zero-order valence-electron chi connectivity index (χ0n) is 17.3. The van der Waals surface area contributed by atoms with Crippen molar-refractivity contribution in [1.29, 1.82) is 0 Å². The summed E-state index contributed by atoms with van der Waals surface area (Å²) in [5.41, 5.74) is 0. The summed E-state index contributed by atoms with van der Waals surface area (Å²) in [6, 6.07) is 0. The van der Waals surface area contributed by atoms with Crippen LogP contribution in [0.2, 0.25) is 0 Å². The van der Waals surface area contributed by atoms with Crippen LogP contribution in [0.3, 0.4) is 0 Å². The molecule has 0 spiro atoms. The molecular weight excluding hydrogens is 368 g/mol. The molecule has 4 unspecified atom stereocenters. The van der Waals surface area contributed by atoms with Crippen molar-refractivity contribution in [3.63, 3.8) is 0 Å². The first-order chi connectivity index (χ1) is 13.2. The van der Waals surface area contributed by atoms with Gasteiger partial charge in [-0.2, -0.15) is 0 Å². The summed E-state index contributed by atoms with van der Waals surface area (Å²) in [7, 11) is 0. The molecule has 0 aliphatic rings. The topological polar surface area (TPSA) is 127 Å². The number of rotatable bonds is 15. The van der Waals surface area contributed by atoms with Crippen LogP contribution in [0.4, 0.5) is 0 Å². The van der Waals surface area contributed by atoms with Gasteiger partial charge in [-0.25, -0.2) is 9.59 Å². The Balaban J connectivity index is 5.32. The largest absolute Gasteiger partial charge is 0.478 e. The predicted molar refractivity (Wildman–Crippen MR) is 102 cm³/mol. The minimum atomic E-state index is -2.09. The minimum Gasteiger partial charge on any atom is -0.478 e. The van der Waals surface area contributed by atoms with Gasteiger partial charge in [0.1, 0.15) is 0 Å². The van der Waals surface area contributed by atoms with Crippen molar-refractivity contribution in [1.82, 2.24) is 0 Å². The first-order valence-corrected chi connectivity index (χ1v) is 10.1. The van der Waals surface area contributed by atoms with E-state index in [-0.39, 0.29) is 0 Å². The molecule has 0 saturated heterocycles. The zero-order chi connectivity index (χ0) is 21.7. The number of carbonyl (C=O) groups excluding carboxylic acids is 2. The number of esters is 2. The maximum absolute atomic E-state index is 12.3. The van der Waals surface area contributed by atoms with Crippen LogP contribution in [0.1, 0.15) is 79.1 Å². The summed E-state index contributed by atoms with van der Waals surface area (Å²) in [5, 5.41) is 18.8. The Labute approximate surface area is 166 Å². The number of hydrogen-bond donors (Lipinski definition) is 2. The molecule has 4 atom stereocenters. The Morgan fingerprint density at radius 3 is 1.21 bits per heavy atom. The third kappa shape index (κ3) is 8.71. The van der Waals surface area contributed by atoms with Crippen LogP contribution in [0, 0.1) is 11.8 Å². The molecule has 2 N–H and O–H groups in total. The summed E-state index contributed by atoms with van der Waals surface area (Å²) in [5.74, 6) is -5.96. The number of aliphatic carboxylic acids is 2. The monoisotopic (exact) mass is 402 g/mol. The normalized spacial score (nSPS) is 15.1. The molecule has 0 aliphatic carbocycles. The van der Waals surface area contributed by atoms with E-state index < -0.39 is 47.9 Å². The van der Waals surface area contributed by atoms with E-state index in [1.54, 1.807) is 13.8 Å². The molecule has 0 radical (unpaired) electrons. The van der Waals surface area contributed by atoms with Crippen LogP contribution in [-0.4, -0.2) is 46.3 Å². The number of hydrogen-bond acceptors (Lipinski definition) is 6. The smallest absolute Gasteiger partial charge is 0.349 e. The molecule has 0 aromatic rings. The van der Waals surface area contributed by atoms with Crippen LogP contribution in [0.25, 0.3) is 0 Å². The molecule has 8 nitrogen and oxygen atoms in total. The van der Waals surface area contributed by atoms with Gasteiger partial charge in [-0.3, -0.25) is 9.59 Å². The van der Waals surface area contributed by atoms with Gasteiger partial charge in [-0.05, 0) is 25.7 Å². The maximum atomic E-state index is 12.3. The zero-order valence-corrected chi connectivity index (χ0v) is 17.3. The van der Waals surface area contributed by atoms with E-state index in [2.05, 4.69) is 0 Å². The fourth-order valence-electron chi connectivity index (χ4n) is 2.80. The molecule has 0 aromatic heterocycles. The maximum Gasteiger partial charge on any atom is 0.349 e. The summed E-state index contributed by atoms with van der Waals surface area (Å²) in [6.45, 7) is 7.46. The van der Waals surface area contributed by atoms with Gasteiger partial charge in [0, 0.05) is 0 Å². The lowest BCUT2D eigenvalue weighted by atomic mass is 9.99. The quantitative estimate of drug-likeness (QED) is 0.399. The third-order valence-corrected chi connectivity index (χ3v) is 4.71. The van der Waals surface area contributed by atoms with Crippen molar-refractivity contribution >= 4 is 23.9 Å². The molecule has 0 rings (SSSR count). The number of carbonyl (C=O) groups is 4. The van der Waals surface area contributed by atoms with E-state index in [1.165, 1.54) is 0 Å². The molecule has 8 heteroatoms. The number of carboxylic acid groups (broad SMARTS) is 2. The first kappa shape index (κ1) is 25.9. The Kier molecular flexibility index (Phi) is 12.9. The van der Waals surface area contributed by atoms with Crippen LogP contribution in [0.5, 0.6) is 0 Å². The summed E-state index contributed by atoms with van der Waals surface area (Å²) >= 11 is 0. The Morgan fingerprint density at radius 2 is 1.00 bits per heavy atom. The standard InChI is InChI=1S/C20H34O8/c1-5-9-11-13(7-3)19(25)27-15(17(21)22)16(18(23)24)28-20(26)14(8-4)12-10-6-2/h13-16H,5-12H2,1-4H3,(H,21,22)(H,23,24). The van der Waals surface area contributed by atoms with Gasteiger partial charge < -0.3 is 19.7 Å². The van der Waals surface area contributed by atoms with Gasteiger partial charge in [-0.1, -0.05) is 53.4 Å². The van der Waals surface area contributed by atoms with E-state index in [0.717, 1.165) is 25.7 Å². The van der Waals surface area contributed by atoms with Crippen LogP contribution >= 0.6 is 0 Å². The Bertz CT molecular complexity index is 470. The van der Waals surface area contributed by atoms with Gasteiger partial charge in [0.15, 0.2) is 0 Å². The summed E-state index contributed by atoms with van der Waals surface area (Å²) < 4.78 is 9.97. The average Bonchev–Trinajstić information content (AvgIpc) is 2.65. The van der Waals surface area contributed by atoms with E-state index in [0.29, 0.717) is 25.7 Å². The fraction of sp³-hybridized carbons (Fsp3) is 0.800.